The summed E-state index contributed by atoms with van der Waals surface area (Å²) < 4.78 is 35.4. The van der Waals surface area contributed by atoms with Crippen LogP contribution >= 0.6 is 0 Å². The Bertz CT molecular complexity index is 550. The summed E-state index contributed by atoms with van der Waals surface area (Å²) in [7, 11) is 0. The molecule has 8 heteroatoms. The van der Waals surface area contributed by atoms with Crippen LogP contribution in [0.2, 0.25) is 0 Å². The summed E-state index contributed by atoms with van der Waals surface area (Å²) >= 11 is 0. The van der Waals surface area contributed by atoms with Crippen LogP contribution in [0, 0.1) is 0 Å². The third-order valence-electron chi connectivity index (χ3n) is 4.37. The number of hydrogen-bond acceptors (Lipinski definition) is 5. The molecule has 1 N–H and O–H groups in total. The fraction of sp³-hybridized carbons (Fsp3) is 0.733. The number of carbonyl (C=O) groups is 1. The second-order valence-corrected chi connectivity index (χ2v) is 5.95. The molecule has 0 aliphatic carbocycles. The number of fused-ring (bicyclic) bond motifs is 1. The lowest BCUT2D eigenvalue weighted by Crippen LogP contribution is -2.49. The predicted octanol–water partition coefficient (Wildman–Crippen LogP) is 1.48. The molecule has 0 unspecified atom stereocenters. The van der Waals surface area contributed by atoms with Crippen molar-refractivity contribution in [3.05, 3.63) is 17.0 Å². The molecule has 2 aliphatic heterocycles. The average molecular weight is 329 g/mol. The summed E-state index contributed by atoms with van der Waals surface area (Å²) in [5.74, 6) is 0.514. The van der Waals surface area contributed by atoms with Gasteiger partial charge in [0.05, 0.1) is 25.8 Å². The molecule has 1 saturated heterocycles. The lowest BCUT2D eigenvalue weighted by Gasteiger charge is -2.34. The van der Waals surface area contributed by atoms with Crippen LogP contribution in [0.5, 0.6) is 0 Å². The van der Waals surface area contributed by atoms with E-state index >= 15 is 0 Å². The van der Waals surface area contributed by atoms with Crippen LogP contribution in [0.3, 0.4) is 0 Å². The van der Waals surface area contributed by atoms with Crippen molar-refractivity contribution in [1.29, 1.82) is 0 Å². The Kier molecular flexibility index (Phi) is 5.22. The first-order valence-electron chi connectivity index (χ1n) is 7.99. The molecular formula is C15H21F2N3O3. The number of aromatic nitrogens is 1. The minimum absolute atomic E-state index is 0.335. The van der Waals surface area contributed by atoms with Crippen LogP contribution in [-0.2, 0) is 29.1 Å². The van der Waals surface area contributed by atoms with Gasteiger partial charge in [0.1, 0.15) is 11.5 Å². The fourth-order valence-corrected chi connectivity index (χ4v) is 3.17. The van der Waals surface area contributed by atoms with Gasteiger partial charge in [-0.05, 0) is 19.4 Å². The Morgan fingerprint density at radius 3 is 3.13 bits per heavy atom. The van der Waals surface area contributed by atoms with Crippen molar-refractivity contribution in [2.75, 3.05) is 19.7 Å². The Hall–Kier alpha value is -1.54. The van der Waals surface area contributed by atoms with Crippen molar-refractivity contribution >= 4 is 5.91 Å². The van der Waals surface area contributed by atoms with E-state index in [1.807, 2.05) is 4.90 Å². The summed E-state index contributed by atoms with van der Waals surface area (Å²) in [6.07, 6.45) is 0.751. The van der Waals surface area contributed by atoms with E-state index in [-0.39, 0.29) is 11.9 Å². The largest absolute Gasteiger partial charge is 0.376 e. The maximum Gasteiger partial charge on any atom is 0.255 e. The van der Waals surface area contributed by atoms with Crippen LogP contribution in [-0.4, -0.2) is 48.1 Å². The zero-order valence-electron chi connectivity index (χ0n) is 12.9. The molecule has 3 heterocycles. The molecule has 6 nitrogen and oxygen atoms in total. The monoisotopic (exact) mass is 329 g/mol. The van der Waals surface area contributed by atoms with Gasteiger partial charge in [0.25, 0.3) is 6.43 Å². The van der Waals surface area contributed by atoms with E-state index in [9.17, 15) is 13.6 Å². The van der Waals surface area contributed by atoms with Crippen molar-refractivity contribution < 1.29 is 22.8 Å². The van der Waals surface area contributed by atoms with E-state index < -0.39 is 13.0 Å². The molecule has 0 radical (unpaired) electrons. The molecule has 1 amide bonds. The smallest absolute Gasteiger partial charge is 0.255 e. The highest BCUT2D eigenvalue weighted by molar-refractivity contribution is 5.81. The van der Waals surface area contributed by atoms with Gasteiger partial charge in [0, 0.05) is 18.5 Å². The molecule has 1 aromatic rings. The van der Waals surface area contributed by atoms with E-state index in [1.54, 1.807) is 0 Å². The second kappa shape index (κ2) is 7.35. The molecule has 0 bridgehead atoms. The van der Waals surface area contributed by atoms with Gasteiger partial charge in [0.15, 0.2) is 0 Å². The number of nitrogens with one attached hydrogen (secondary N) is 1. The molecule has 0 saturated carbocycles. The van der Waals surface area contributed by atoms with Crippen LogP contribution in [0.1, 0.15) is 36.3 Å². The number of amides is 1. The summed E-state index contributed by atoms with van der Waals surface area (Å²) in [5, 5.41) is 6.44. The van der Waals surface area contributed by atoms with Crippen molar-refractivity contribution in [2.45, 2.75) is 51.3 Å². The molecule has 0 spiro atoms. The Balaban J connectivity index is 1.67. The maximum atomic E-state index is 12.3. The number of nitrogens with zero attached hydrogens (tertiary/aromatic N) is 2. The minimum Gasteiger partial charge on any atom is -0.376 e. The van der Waals surface area contributed by atoms with Crippen molar-refractivity contribution in [1.82, 2.24) is 15.4 Å². The zero-order valence-corrected chi connectivity index (χ0v) is 12.9. The average Bonchev–Trinajstić information content (AvgIpc) is 2.96. The lowest BCUT2D eigenvalue weighted by atomic mass is 10.0. The first kappa shape index (κ1) is 16.3. The van der Waals surface area contributed by atoms with Gasteiger partial charge in [-0.1, -0.05) is 11.6 Å². The normalized spacial score (nSPS) is 22.1. The summed E-state index contributed by atoms with van der Waals surface area (Å²) in [4.78, 5) is 14.2. The summed E-state index contributed by atoms with van der Waals surface area (Å²) in [6.45, 7) is 1.73. The number of ether oxygens (including phenoxy) is 1. The van der Waals surface area contributed by atoms with Gasteiger partial charge in [0.2, 0.25) is 5.91 Å². The number of likely N-dealkylation sites (tertiary alicyclic amines) is 1. The second-order valence-electron chi connectivity index (χ2n) is 5.95. The number of hydrogen-bond donors (Lipinski definition) is 1. The quantitative estimate of drug-likeness (QED) is 0.886. The van der Waals surface area contributed by atoms with Gasteiger partial charge in [-0.15, -0.1) is 0 Å². The fourth-order valence-electron chi connectivity index (χ4n) is 3.17. The molecule has 1 atom stereocenters. The topological polar surface area (TPSA) is 67.6 Å². The van der Waals surface area contributed by atoms with Crippen molar-refractivity contribution in [3.63, 3.8) is 0 Å². The Morgan fingerprint density at radius 1 is 1.43 bits per heavy atom. The van der Waals surface area contributed by atoms with Crippen LogP contribution in [0.4, 0.5) is 8.78 Å². The predicted molar refractivity (Wildman–Crippen MR) is 76.9 cm³/mol. The van der Waals surface area contributed by atoms with E-state index in [4.69, 9.17) is 9.26 Å². The Labute approximate surface area is 133 Å². The molecule has 1 aromatic heterocycles. The third kappa shape index (κ3) is 3.87. The molecule has 1 fully saturated rings. The molecular weight excluding hydrogens is 308 g/mol. The maximum absolute atomic E-state index is 12.3. The number of piperidine rings is 1. The van der Waals surface area contributed by atoms with E-state index in [0.29, 0.717) is 32.6 Å². The lowest BCUT2D eigenvalue weighted by molar-refractivity contribution is -0.128. The van der Waals surface area contributed by atoms with Gasteiger partial charge < -0.3 is 14.6 Å². The molecule has 2 aliphatic rings. The highest BCUT2D eigenvalue weighted by Crippen LogP contribution is 2.25. The van der Waals surface area contributed by atoms with Gasteiger partial charge in [-0.25, -0.2) is 8.78 Å². The minimum atomic E-state index is -2.53. The van der Waals surface area contributed by atoms with E-state index in [2.05, 4.69) is 10.5 Å². The molecule has 23 heavy (non-hydrogen) atoms. The van der Waals surface area contributed by atoms with Crippen molar-refractivity contribution in [3.8, 4) is 0 Å². The van der Waals surface area contributed by atoms with Crippen LogP contribution < -0.4 is 5.32 Å². The SMILES string of the molecule is O=C(NCC(F)F)[C@@H]1CCCCN1Cc1noc2c1COCC2. The first-order valence-corrected chi connectivity index (χ1v) is 7.99. The third-order valence-corrected chi connectivity index (χ3v) is 4.37. The van der Waals surface area contributed by atoms with E-state index in [0.717, 1.165) is 36.4 Å². The Morgan fingerprint density at radius 2 is 2.30 bits per heavy atom. The van der Waals surface area contributed by atoms with Crippen LogP contribution in [0.15, 0.2) is 4.52 Å². The number of carbonyl (C=O) groups excluding carboxylic acids is 1. The number of alkyl halides is 2. The van der Waals surface area contributed by atoms with Crippen molar-refractivity contribution in [2.24, 2.45) is 0 Å². The van der Waals surface area contributed by atoms with Gasteiger partial charge in [-0.2, -0.15) is 0 Å². The molecule has 3 rings (SSSR count). The summed E-state index contributed by atoms with van der Waals surface area (Å²) in [6, 6.07) is -0.389. The van der Waals surface area contributed by atoms with Crippen LogP contribution in [0.25, 0.3) is 0 Å². The van der Waals surface area contributed by atoms with Gasteiger partial charge in [-0.3, -0.25) is 9.69 Å². The summed E-state index contributed by atoms with van der Waals surface area (Å²) in [5.41, 5.74) is 1.75. The number of rotatable bonds is 5. The molecule has 128 valence electrons. The van der Waals surface area contributed by atoms with Gasteiger partial charge >= 0.3 is 0 Å². The van der Waals surface area contributed by atoms with E-state index in [1.165, 1.54) is 0 Å². The highest BCUT2D eigenvalue weighted by atomic mass is 19.3. The first-order chi connectivity index (χ1) is 11.1. The highest BCUT2D eigenvalue weighted by Gasteiger charge is 2.31. The zero-order chi connectivity index (χ0) is 16.2. The molecule has 0 aromatic carbocycles. The number of halogens is 2. The standard InChI is InChI=1S/C15H21F2N3O3/c16-14(17)7-18-15(21)12-3-1-2-5-20(12)8-11-10-9-22-6-4-13(10)23-19-11/h12,14H,1-9H2,(H,18,21)/t12-/m0/s1.